The lowest BCUT2D eigenvalue weighted by Crippen LogP contribution is -2.24. The molecular formula is C17H17N3O3S. The van der Waals surface area contributed by atoms with Gasteiger partial charge in [-0.15, -0.1) is 0 Å². The topological polar surface area (TPSA) is 76.3 Å². The number of nitrogens with zero attached hydrogens (tertiary/aromatic N) is 1. The third-order valence-electron chi connectivity index (χ3n) is 3.59. The molecule has 0 aliphatic carbocycles. The predicted octanol–water partition coefficient (Wildman–Crippen LogP) is 2.84. The molecule has 0 unspecified atom stereocenters. The van der Waals surface area contributed by atoms with Crippen LogP contribution in [0.5, 0.6) is 11.5 Å². The van der Waals surface area contributed by atoms with Gasteiger partial charge in [-0.2, -0.15) is 0 Å². The van der Waals surface area contributed by atoms with E-state index in [1.165, 1.54) is 11.3 Å². The van der Waals surface area contributed by atoms with Crippen molar-refractivity contribution in [2.45, 2.75) is 6.54 Å². The van der Waals surface area contributed by atoms with Gasteiger partial charge >= 0.3 is 0 Å². The van der Waals surface area contributed by atoms with Crippen molar-refractivity contribution in [3.8, 4) is 11.5 Å². The average molecular weight is 343 g/mol. The number of hydrogen-bond acceptors (Lipinski definition) is 5. The highest BCUT2D eigenvalue weighted by molar-refractivity contribution is 7.16. The number of rotatable bonds is 5. The Bertz CT molecular complexity index is 946. The second kappa shape index (κ2) is 6.76. The summed E-state index contributed by atoms with van der Waals surface area (Å²) in [6.07, 6.45) is 0. The van der Waals surface area contributed by atoms with Crippen molar-refractivity contribution >= 4 is 33.1 Å². The first-order valence-corrected chi connectivity index (χ1v) is 8.09. The summed E-state index contributed by atoms with van der Waals surface area (Å²) in [5.41, 5.74) is 1.44. The van der Waals surface area contributed by atoms with Gasteiger partial charge in [-0.3, -0.25) is 10.2 Å². The highest BCUT2D eigenvalue weighted by Gasteiger charge is 2.12. The second-order valence-electron chi connectivity index (χ2n) is 5.08. The summed E-state index contributed by atoms with van der Waals surface area (Å²) in [5, 5.41) is 10.9. The monoisotopic (exact) mass is 343 g/mol. The molecule has 1 amide bonds. The largest absolute Gasteiger partial charge is 0.497 e. The molecule has 3 aromatic rings. The van der Waals surface area contributed by atoms with Gasteiger partial charge in [0, 0.05) is 0 Å². The van der Waals surface area contributed by atoms with Crippen molar-refractivity contribution < 1.29 is 14.3 Å². The Balaban J connectivity index is 1.85. The number of methoxy groups -OCH3 is 2. The number of benzene rings is 2. The van der Waals surface area contributed by atoms with Crippen LogP contribution in [0.1, 0.15) is 0 Å². The van der Waals surface area contributed by atoms with E-state index < -0.39 is 0 Å². The van der Waals surface area contributed by atoms with Crippen LogP contribution in [0, 0.1) is 5.41 Å². The van der Waals surface area contributed by atoms with E-state index in [-0.39, 0.29) is 12.5 Å². The van der Waals surface area contributed by atoms with Gasteiger partial charge in [-0.1, -0.05) is 23.5 Å². The maximum atomic E-state index is 12.4. The SMILES string of the molecule is COc1ccc2c(c1)sc(=N)n2CC(=O)Nc1ccccc1OC. The first-order valence-electron chi connectivity index (χ1n) is 7.27. The summed E-state index contributed by atoms with van der Waals surface area (Å²) in [6, 6.07) is 12.8. The van der Waals surface area contributed by atoms with E-state index >= 15 is 0 Å². The van der Waals surface area contributed by atoms with Gasteiger partial charge in [0.05, 0.1) is 30.1 Å². The summed E-state index contributed by atoms with van der Waals surface area (Å²) in [4.78, 5) is 12.7. The number of thiazole rings is 1. The van der Waals surface area contributed by atoms with Crippen LogP contribution in [0.25, 0.3) is 10.2 Å². The summed E-state index contributed by atoms with van der Waals surface area (Å²) in [7, 11) is 3.16. The zero-order chi connectivity index (χ0) is 17.1. The Morgan fingerprint density at radius 2 is 2.00 bits per heavy atom. The first kappa shape index (κ1) is 16.1. The van der Waals surface area contributed by atoms with Gasteiger partial charge < -0.3 is 19.4 Å². The van der Waals surface area contributed by atoms with Crippen molar-refractivity contribution in [1.29, 1.82) is 5.41 Å². The van der Waals surface area contributed by atoms with Crippen molar-refractivity contribution in [2.24, 2.45) is 0 Å². The van der Waals surface area contributed by atoms with E-state index in [2.05, 4.69) is 5.32 Å². The number of fused-ring (bicyclic) bond motifs is 1. The third kappa shape index (κ3) is 3.11. The Morgan fingerprint density at radius 1 is 1.21 bits per heavy atom. The normalized spacial score (nSPS) is 10.6. The van der Waals surface area contributed by atoms with Crippen LogP contribution < -0.4 is 19.6 Å². The molecular weight excluding hydrogens is 326 g/mol. The quantitative estimate of drug-likeness (QED) is 0.748. The molecule has 0 saturated heterocycles. The minimum Gasteiger partial charge on any atom is -0.497 e. The van der Waals surface area contributed by atoms with Crippen LogP contribution in [0.4, 0.5) is 5.69 Å². The maximum absolute atomic E-state index is 12.4. The molecule has 0 atom stereocenters. The number of amides is 1. The van der Waals surface area contributed by atoms with E-state index in [9.17, 15) is 4.79 Å². The lowest BCUT2D eigenvalue weighted by atomic mass is 10.3. The van der Waals surface area contributed by atoms with Gasteiger partial charge in [0.15, 0.2) is 4.80 Å². The number of ether oxygens (including phenoxy) is 2. The number of para-hydroxylation sites is 2. The molecule has 0 radical (unpaired) electrons. The Labute approximate surface area is 142 Å². The van der Waals surface area contributed by atoms with Gasteiger partial charge in [-0.25, -0.2) is 0 Å². The van der Waals surface area contributed by atoms with E-state index in [4.69, 9.17) is 14.9 Å². The number of carbonyl (C=O) groups excluding carboxylic acids is 1. The minimum absolute atomic E-state index is 0.0587. The first-order chi connectivity index (χ1) is 11.6. The Hall–Kier alpha value is -2.80. The fourth-order valence-corrected chi connectivity index (χ4v) is 3.37. The molecule has 3 rings (SSSR count). The van der Waals surface area contributed by atoms with E-state index in [0.29, 0.717) is 16.2 Å². The second-order valence-corrected chi connectivity index (χ2v) is 6.11. The van der Waals surface area contributed by atoms with E-state index in [1.807, 2.05) is 30.3 Å². The molecule has 0 saturated carbocycles. The number of anilines is 1. The fourth-order valence-electron chi connectivity index (χ4n) is 2.43. The molecule has 6 nitrogen and oxygen atoms in total. The van der Waals surface area contributed by atoms with Gasteiger partial charge in [0.25, 0.3) is 0 Å². The molecule has 24 heavy (non-hydrogen) atoms. The number of nitrogens with one attached hydrogen (secondary N) is 2. The summed E-state index contributed by atoms with van der Waals surface area (Å²) in [6.45, 7) is 0.0587. The van der Waals surface area contributed by atoms with Crippen LogP contribution in [-0.4, -0.2) is 24.7 Å². The minimum atomic E-state index is -0.214. The molecule has 2 aromatic carbocycles. The lowest BCUT2D eigenvalue weighted by molar-refractivity contribution is -0.116. The summed E-state index contributed by atoms with van der Waals surface area (Å²) in [5.74, 6) is 1.12. The van der Waals surface area contributed by atoms with Gasteiger partial charge in [-0.05, 0) is 30.3 Å². The number of hydrogen-bond donors (Lipinski definition) is 2. The van der Waals surface area contributed by atoms with Crippen molar-refractivity contribution in [1.82, 2.24) is 4.57 Å². The molecule has 0 aliphatic heterocycles. The third-order valence-corrected chi connectivity index (χ3v) is 4.55. The van der Waals surface area contributed by atoms with E-state index in [0.717, 1.165) is 16.0 Å². The predicted molar refractivity (Wildman–Crippen MR) is 93.8 cm³/mol. The maximum Gasteiger partial charge on any atom is 0.244 e. The molecule has 0 spiro atoms. The van der Waals surface area contributed by atoms with Gasteiger partial charge in [0.2, 0.25) is 5.91 Å². The highest BCUT2D eigenvalue weighted by atomic mass is 32.1. The number of carbonyl (C=O) groups is 1. The van der Waals surface area contributed by atoms with Crippen LogP contribution in [0.15, 0.2) is 42.5 Å². The molecule has 124 valence electrons. The molecule has 0 fully saturated rings. The molecule has 1 heterocycles. The molecule has 2 N–H and O–H groups in total. The zero-order valence-electron chi connectivity index (χ0n) is 13.3. The highest BCUT2D eigenvalue weighted by Crippen LogP contribution is 2.24. The summed E-state index contributed by atoms with van der Waals surface area (Å²) >= 11 is 1.31. The average Bonchev–Trinajstić information content (AvgIpc) is 2.90. The van der Waals surface area contributed by atoms with Crippen molar-refractivity contribution in [3.05, 3.63) is 47.3 Å². The Kier molecular flexibility index (Phi) is 4.52. The molecule has 1 aromatic heterocycles. The summed E-state index contributed by atoms with van der Waals surface area (Å²) < 4.78 is 13.0. The van der Waals surface area contributed by atoms with Crippen LogP contribution in [-0.2, 0) is 11.3 Å². The smallest absolute Gasteiger partial charge is 0.244 e. The fraction of sp³-hybridized carbons (Fsp3) is 0.176. The zero-order valence-corrected chi connectivity index (χ0v) is 14.1. The molecule has 7 heteroatoms. The van der Waals surface area contributed by atoms with Crippen LogP contribution >= 0.6 is 11.3 Å². The van der Waals surface area contributed by atoms with Crippen molar-refractivity contribution in [3.63, 3.8) is 0 Å². The number of aromatic nitrogens is 1. The van der Waals surface area contributed by atoms with Gasteiger partial charge in [0.1, 0.15) is 18.0 Å². The molecule has 0 bridgehead atoms. The van der Waals surface area contributed by atoms with Crippen LogP contribution in [0.2, 0.25) is 0 Å². The Morgan fingerprint density at radius 3 is 2.75 bits per heavy atom. The van der Waals surface area contributed by atoms with Crippen LogP contribution in [0.3, 0.4) is 0 Å². The lowest BCUT2D eigenvalue weighted by Gasteiger charge is -2.10. The standard InChI is InChI=1S/C17H17N3O3S/c1-22-11-7-8-13-15(9-11)24-17(18)20(13)10-16(21)19-12-5-3-4-6-14(12)23-2/h3-9,18H,10H2,1-2H3,(H,19,21). The van der Waals surface area contributed by atoms with Crippen molar-refractivity contribution in [2.75, 3.05) is 19.5 Å². The molecule has 0 aliphatic rings. The van der Waals surface area contributed by atoms with E-state index in [1.54, 1.807) is 30.9 Å².